The molecule has 1 fully saturated rings. The van der Waals surface area contributed by atoms with E-state index in [0.29, 0.717) is 11.5 Å². The second-order valence-corrected chi connectivity index (χ2v) is 6.37. The minimum Gasteiger partial charge on any atom is -0.313 e. The predicted molar refractivity (Wildman–Crippen MR) is 74.9 cm³/mol. The van der Waals surface area contributed by atoms with Crippen LogP contribution >= 0.6 is 0 Å². The molecule has 0 amide bonds. The van der Waals surface area contributed by atoms with E-state index in [2.05, 4.69) is 36.3 Å². The fourth-order valence-electron chi connectivity index (χ4n) is 4.14. The van der Waals surface area contributed by atoms with Crippen LogP contribution in [0.1, 0.15) is 37.0 Å². The Hall–Kier alpha value is -1.15. The molecular weight excluding hydrogens is 220 g/mol. The number of fused-ring (bicyclic) bond motifs is 5. The zero-order chi connectivity index (χ0) is 12.3. The van der Waals surface area contributed by atoms with Gasteiger partial charge >= 0.3 is 0 Å². The minimum absolute atomic E-state index is 0.344. The maximum absolute atomic E-state index is 4.53. The van der Waals surface area contributed by atoms with E-state index >= 15 is 0 Å². The van der Waals surface area contributed by atoms with Gasteiger partial charge in [-0.15, -0.1) is 0 Å². The van der Waals surface area contributed by atoms with Crippen LogP contribution in [0.25, 0.3) is 0 Å². The number of hydrogen-bond donors (Lipinski definition) is 1. The summed E-state index contributed by atoms with van der Waals surface area (Å²) in [6.45, 7) is 6.02. The molecule has 94 valence electrons. The third-order valence-electron chi connectivity index (χ3n) is 5.56. The van der Waals surface area contributed by atoms with Gasteiger partial charge in [-0.25, -0.2) is 0 Å². The van der Waals surface area contributed by atoms with Crippen molar-refractivity contribution in [3.8, 4) is 0 Å². The second kappa shape index (κ2) is 3.45. The summed E-state index contributed by atoms with van der Waals surface area (Å²) in [5.41, 5.74) is 6.13. The average molecular weight is 240 g/mol. The van der Waals surface area contributed by atoms with Gasteiger partial charge in [0, 0.05) is 18.7 Å². The molecular formula is C16H20N2. The average Bonchev–Trinajstić information content (AvgIpc) is 2.79. The third-order valence-corrected chi connectivity index (χ3v) is 5.56. The van der Waals surface area contributed by atoms with Crippen molar-refractivity contribution in [3.05, 3.63) is 28.8 Å². The zero-order valence-electron chi connectivity index (χ0n) is 11.2. The van der Waals surface area contributed by atoms with E-state index in [0.717, 1.165) is 18.9 Å². The molecule has 2 heteroatoms. The lowest BCUT2D eigenvalue weighted by Gasteiger charge is -2.50. The van der Waals surface area contributed by atoms with E-state index in [1.807, 2.05) is 6.21 Å². The normalized spacial score (nSPS) is 36.3. The smallest absolute Gasteiger partial charge is 0.0664 e. The first kappa shape index (κ1) is 10.7. The first-order valence-corrected chi connectivity index (χ1v) is 7.11. The van der Waals surface area contributed by atoms with Gasteiger partial charge in [0.2, 0.25) is 0 Å². The van der Waals surface area contributed by atoms with E-state index in [9.17, 15) is 0 Å². The van der Waals surface area contributed by atoms with Gasteiger partial charge in [0.1, 0.15) is 0 Å². The molecule has 3 aliphatic rings. The highest BCUT2D eigenvalue weighted by atomic mass is 14.9. The van der Waals surface area contributed by atoms with Crippen molar-refractivity contribution in [1.82, 2.24) is 5.32 Å². The monoisotopic (exact) mass is 240 g/mol. The van der Waals surface area contributed by atoms with Crippen LogP contribution in [0, 0.1) is 5.92 Å². The maximum atomic E-state index is 4.53. The molecule has 1 aliphatic carbocycles. The molecule has 0 spiro atoms. The Morgan fingerprint density at radius 1 is 1.33 bits per heavy atom. The summed E-state index contributed by atoms with van der Waals surface area (Å²) in [5.74, 6) is 0.724. The second-order valence-electron chi connectivity index (χ2n) is 6.37. The van der Waals surface area contributed by atoms with Gasteiger partial charge in [-0.3, -0.25) is 4.99 Å². The summed E-state index contributed by atoms with van der Waals surface area (Å²) in [7, 11) is 0. The van der Waals surface area contributed by atoms with Crippen LogP contribution in [0.5, 0.6) is 0 Å². The highest BCUT2D eigenvalue weighted by Crippen LogP contribution is 2.47. The molecule has 1 saturated heterocycles. The zero-order valence-corrected chi connectivity index (χ0v) is 11.2. The van der Waals surface area contributed by atoms with Crippen LogP contribution in [0.15, 0.2) is 17.1 Å². The fraction of sp³-hybridized carbons (Fsp3) is 0.562. The van der Waals surface area contributed by atoms with Crippen molar-refractivity contribution < 1.29 is 0 Å². The van der Waals surface area contributed by atoms with Crippen LogP contribution < -0.4 is 5.32 Å². The first-order chi connectivity index (χ1) is 8.68. The number of benzene rings is 1. The summed E-state index contributed by atoms with van der Waals surface area (Å²) >= 11 is 0. The molecule has 18 heavy (non-hydrogen) atoms. The van der Waals surface area contributed by atoms with Crippen molar-refractivity contribution in [2.45, 2.75) is 44.6 Å². The van der Waals surface area contributed by atoms with E-state index in [1.54, 1.807) is 11.1 Å². The topological polar surface area (TPSA) is 24.4 Å². The molecule has 2 aliphatic heterocycles. The number of nitrogens with zero attached hydrogens (tertiary/aromatic N) is 1. The molecule has 0 aromatic heterocycles. The molecule has 2 heterocycles. The van der Waals surface area contributed by atoms with Crippen LogP contribution in [0.3, 0.4) is 0 Å². The third kappa shape index (κ3) is 1.24. The Bertz CT molecular complexity index is 546. The van der Waals surface area contributed by atoms with E-state index in [1.165, 1.54) is 24.1 Å². The Kier molecular flexibility index (Phi) is 2.06. The Labute approximate surface area is 109 Å². The standard InChI is InChI=1S/C16H20N2/c1-10-14-8-12-7-11-3-5-17-15(11)9-13(12)16(10,2)4-6-18-14/h5,7,9-10,14,18H,3-4,6,8H2,1-2H3/t10-,14-,16-/m1/s1. The number of aliphatic imine (C=N–C) groups is 1. The molecule has 2 bridgehead atoms. The van der Waals surface area contributed by atoms with Gasteiger partial charge in [-0.05, 0) is 53.5 Å². The molecule has 0 radical (unpaired) electrons. The van der Waals surface area contributed by atoms with Crippen LogP contribution in [0.2, 0.25) is 0 Å². The van der Waals surface area contributed by atoms with Crippen molar-refractivity contribution in [1.29, 1.82) is 0 Å². The Balaban J connectivity index is 1.93. The highest BCUT2D eigenvalue weighted by molar-refractivity contribution is 5.77. The van der Waals surface area contributed by atoms with E-state index in [-0.39, 0.29) is 0 Å². The van der Waals surface area contributed by atoms with Gasteiger partial charge < -0.3 is 5.32 Å². The number of hydrogen-bond acceptors (Lipinski definition) is 2. The number of nitrogens with one attached hydrogen (secondary N) is 1. The molecule has 0 saturated carbocycles. The lowest BCUT2D eigenvalue weighted by molar-refractivity contribution is 0.158. The minimum atomic E-state index is 0.344. The summed E-state index contributed by atoms with van der Waals surface area (Å²) in [5, 5.41) is 3.70. The van der Waals surface area contributed by atoms with Crippen LogP contribution in [-0.2, 0) is 18.3 Å². The molecule has 2 nitrogen and oxygen atoms in total. The van der Waals surface area contributed by atoms with Gasteiger partial charge in [0.05, 0.1) is 5.69 Å². The summed E-state index contributed by atoms with van der Waals surface area (Å²) in [4.78, 5) is 4.53. The molecule has 1 aromatic carbocycles. The lowest BCUT2D eigenvalue weighted by Crippen LogP contribution is -2.56. The van der Waals surface area contributed by atoms with E-state index < -0.39 is 0 Å². The lowest BCUT2D eigenvalue weighted by atomic mass is 9.59. The Morgan fingerprint density at radius 2 is 2.22 bits per heavy atom. The molecule has 1 N–H and O–H groups in total. The van der Waals surface area contributed by atoms with Gasteiger partial charge in [-0.2, -0.15) is 0 Å². The largest absolute Gasteiger partial charge is 0.313 e. The molecule has 4 rings (SSSR count). The van der Waals surface area contributed by atoms with Crippen LogP contribution in [0.4, 0.5) is 5.69 Å². The fourth-order valence-corrected chi connectivity index (χ4v) is 4.14. The maximum Gasteiger partial charge on any atom is 0.0664 e. The number of rotatable bonds is 0. The summed E-state index contributed by atoms with van der Waals surface area (Å²) in [6, 6.07) is 5.46. The molecule has 3 atom stereocenters. The van der Waals surface area contributed by atoms with Gasteiger partial charge in [-0.1, -0.05) is 19.9 Å². The van der Waals surface area contributed by atoms with Crippen LogP contribution in [-0.4, -0.2) is 18.8 Å². The molecule has 1 aromatic rings. The summed E-state index contributed by atoms with van der Waals surface area (Å²) < 4.78 is 0. The van der Waals surface area contributed by atoms with Crippen molar-refractivity contribution >= 4 is 11.9 Å². The molecule has 0 unspecified atom stereocenters. The van der Waals surface area contributed by atoms with Crippen molar-refractivity contribution in [3.63, 3.8) is 0 Å². The first-order valence-electron chi connectivity index (χ1n) is 7.11. The quantitative estimate of drug-likeness (QED) is 0.741. The Morgan fingerprint density at radius 3 is 3.11 bits per heavy atom. The van der Waals surface area contributed by atoms with E-state index in [4.69, 9.17) is 0 Å². The van der Waals surface area contributed by atoms with Crippen molar-refractivity contribution in [2.24, 2.45) is 10.9 Å². The van der Waals surface area contributed by atoms with Crippen molar-refractivity contribution in [2.75, 3.05) is 6.54 Å². The number of piperidine rings is 1. The SMILES string of the molecule is C[C@@H]1[C@H]2Cc3cc4c(cc3[C@]1(C)CCN2)N=CC4. The summed E-state index contributed by atoms with van der Waals surface area (Å²) in [6.07, 6.45) is 5.51. The van der Waals surface area contributed by atoms with Gasteiger partial charge in [0.15, 0.2) is 0 Å². The predicted octanol–water partition coefficient (Wildman–Crippen LogP) is 2.76. The highest BCUT2D eigenvalue weighted by Gasteiger charge is 2.45. The van der Waals surface area contributed by atoms with Gasteiger partial charge in [0.25, 0.3) is 0 Å².